The van der Waals surface area contributed by atoms with Gasteiger partial charge >= 0.3 is 11.9 Å². The third-order valence-electron chi connectivity index (χ3n) is 9.35. The summed E-state index contributed by atoms with van der Waals surface area (Å²) in [7, 11) is 0. The second-order valence-electron chi connectivity index (χ2n) is 13.8. The molecule has 0 heterocycles. The van der Waals surface area contributed by atoms with E-state index in [0.717, 1.165) is 38.5 Å². The number of aliphatic hydroxyl groups is 1. The highest BCUT2D eigenvalue weighted by atomic mass is 16.7. The van der Waals surface area contributed by atoms with E-state index in [2.05, 4.69) is 13.8 Å². The number of esters is 2. The van der Waals surface area contributed by atoms with Crippen molar-refractivity contribution in [1.82, 2.24) is 0 Å². The fraction of sp³-hybridized carbons (Fsp3) is 0.950. The van der Waals surface area contributed by atoms with E-state index in [0.29, 0.717) is 12.8 Å². The molecule has 0 radical (unpaired) electrons. The Balaban J connectivity index is 3.76. The van der Waals surface area contributed by atoms with Crippen molar-refractivity contribution < 1.29 is 24.2 Å². The van der Waals surface area contributed by atoms with Crippen molar-refractivity contribution in [3.05, 3.63) is 0 Å². The summed E-state index contributed by atoms with van der Waals surface area (Å²) in [5.74, 6) is -2.32. The van der Waals surface area contributed by atoms with Crippen LogP contribution in [0, 0.1) is 0 Å². The lowest BCUT2D eigenvalue weighted by Crippen LogP contribution is -2.43. The zero-order chi connectivity index (χ0) is 33.1. The van der Waals surface area contributed by atoms with Crippen molar-refractivity contribution in [3.8, 4) is 0 Å². The second kappa shape index (κ2) is 34.2. The normalized spacial score (nSPS) is 11.6. The molecule has 0 aliphatic heterocycles. The maximum Gasteiger partial charge on any atom is 0.309 e. The Morgan fingerprint density at radius 1 is 0.400 bits per heavy atom. The van der Waals surface area contributed by atoms with Crippen molar-refractivity contribution in [2.75, 3.05) is 6.61 Å². The Labute approximate surface area is 280 Å². The molecule has 0 aliphatic carbocycles. The summed E-state index contributed by atoms with van der Waals surface area (Å²) >= 11 is 0. The van der Waals surface area contributed by atoms with Gasteiger partial charge in [-0.15, -0.1) is 0 Å². The van der Waals surface area contributed by atoms with Gasteiger partial charge in [0.15, 0.2) is 0 Å². The zero-order valence-corrected chi connectivity index (χ0v) is 30.6. The monoisotopic (exact) mass is 639 g/mol. The van der Waals surface area contributed by atoms with Crippen LogP contribution in [0.1, 0.15) is 233 Å². The number of hydrogen-bond acceptors (Lipinski definition) is 5. The summed E-state index contributed by atoms with van der Waals surface area (Å²) in [6.07, 6.45) is 39.2. The van der Waals surface area contributed by atoms with Gasteiger partial charge < -0.3 is 14.6 Å². The highest BCUT2D eigenvalue weighted by Crippen LogP contribution is 2.22. The molecule has 0 aromatic heterocycles. The third kappa shape index (κ3) is 30.0. The molecule has 0 aliphatic rings. The van der Waals surface area contributed by atoms with Gasteiger partial charge in [-0.3, -0.25) is 9.59 Å². The third-order valence-corrected chi connectivity index (χ3v) is 9.35. The summed E-state index contributed by atoms with van der Waals surface area (Å²) in [5.41, 5.74) is 0. The lowest BCUT2D eigenvalue weighted by molar-refractivity contribution is -0.241. The first-order valence-electron chi connectivity index (χ1n) is 20.1. The standard InChI is InChI=1S/C40H78O5/c1-4-7-9-11-13-15-17-19-21-23-25-27-29-31-33-35-38(42)44-40(6-3,37-41)45-39(43)36-34-32-30-28-26-24-22-20-18-16-14-12-10-8-5-2/h41H,4-37H2,1-3H3. The zero-order valence-electron chi connectivity index (χ0n) is 30.6. The van der Waals surface area contributed by atoms with E-state index in [4.69, 9.17) is 9.47 Å². The number of carbonyl (C=O) groups is 2. The topological polar surface area (TPSA) is 72.8 Å². The molecule has 0 amide bonds. The molecule has 0 aromatic carbocycles. The average Bonchev–Trinajstić information content (AvgIpc) is 3.04. The Morgan fingerprint density at radius 2 is 0.622 bits per heavy atom. The maximum atomic E-state index is 12.5. The minimum absolute atomic E-state index is 0.249. The van der Waals surface area contributed by atoms with Crippen molar-refractivity contribution in [2.45, 2.75) is 238 Å². The Morgan fingerprint density at radius 3 is 0.822 bits per heavy atom. The van der Waals surface area contributed by atoms with Crippen LogP contribution in [0.25, 0.3) is 0 Å². The minimum Gasteiger partial charge on any atom is -0.420 e. The van der Waals surface area contributed by atoms with Gasteiger partial charge in [-0.25, -0.2) is 0 Å². The van der Waals surface area contributed by atoms with Crippen LogP contribution in [0.2, 0.25) is 0 Å². The number of aliphatic hydroxyl groups excluding tert-OH is 1. The number of carbonyl (C=O) groups excluding carboxylic acids is 2. The molecule has 0 unspecified atom stereocenters. The van der Waals surface area contributed by atoms with E-state index in [-0.39, 0.29) is 18.4 Å². The first kappa shape index (κ1) is 43.9. The van der Waals surface area contributed by atoms with Gasteiger partial charge in [0, 0.05) is 19.3 Å². The quantitative estimate of drug-likeness (QED) is 0.0420. The molecule has 0 bridgehead atoms. The summed E-state index contributed by atoms with van der Waals surface area (Å²) in [5, 5.41) is 9.93. The largest absolute Gasteiger partial charge is 0.420 e. The lowest BCUT2D eigenvalue weighted by Gasteiger charge is -2.30. The van der Waals surface area contributed by atoms with Gasteiger partial charge in [0.1, 0.15) is 6.61 Å². The molecule has 0 saturated heterocycles. The fourth-order valence-electron chi connectivity index (χ4n) is 6.14. The summed E-state index contributed by atoms with van der Waals surface area (Å²) in [4.78, 5) is 24.9. The summed E-state index contributed by atoms with van der Waals surface area (Å²) in [6.45, 7) is 5.81. The molecular formula is C40H78O5. The second-order valence-corrected chi connectivity index (χ2v) is 13.8. The van der Waals surface area contributed by atoms with Gasteiger partial charge in [0.2, 0.25) is 0 Å². The van der Waals surface area contributed by atoms with E-state index >= 15 is 0 Å². The highest BCUT2D eigenvalue weighted by molar-refractivity contribution is 5.72. The number of ether oxygens (including phenoxy) is 2. The number of hydrogen-bond donors (Lipinski definition) is 1. The fourth-order valence-corrected chi connectivity index (χ4v) is 6.14. The van der Waals surface area contributed by atoms with Gasteiger partial charge in [0.25, 0.3) is 5.79 Å². The smallest absolute Gasteiger partial charge is 0.309 e. The molecule has 5 nitrogen and oxygen atoms in total. The maximum absolute atomic E-state index is 12.5. The molecule has 45 heavy (non-hydrogen) atoms. The minimum atomic E-state index is -1.54. The van der Waals surface area contributed by atoms with Crippen LogP contribution in [0.5, 0.6) is 0 Å². The van der Waals surface area contributed by atoms with Crippen LogP contribution in [0.15, 0.2) is 0 Å². The van der Waals surface area contributed by atoms with Crippen LogP contribution >= 0.6 is 0 Å². The van der Waals surface area contributed by atoms with Crippen molar-refractivity contribution >= 4 is 11.9 Å². The summed E-state index contributed by atoms with van der Waals surface area (Å²) in [6, 6.07) is 0. The predicted octanol–water partition coefficient (Wildman–Crippen LogP) is 12.7. The van der Waals surface area contributed by atoms with Crippen LogP contribution in [-0.2, 0) is 19.1 Å². The molecule has 0 rings (SSSR count). The Hall–Kier alpha value is -1.10. The molecule has 5 heteroatoms. The SMILES string of the molecule is CCCCCCCCCCCCCCCCCC(=O)OC(CC)(CO)OC(=O)CCCCCCCCCCCCCCCCC. The van der Waals surface area contributed by atoms with Gasteiger partial charge in [-0.05, 0) is 12.8 Å². The molecule has 1 N–H and O–H groups in total. The van der Waals surface area contributed by atoms with Crippen molar-refractivity contribution in [1.29, 1.82) is 0 Å². The van der Waals surface area contributed by atoms with E-state index < -0.39 is 12.4 Å². The molecule has 0 atom stereocenters. The van der Waals surface area contributed by atoms with Crippen LogP contribution in [0.4, 0.5) is 0 Å². The molecule has 0 saturated carbocycles. The Bertz CT molecular complexity index is 580. The molecule has 268 valence electrons. The number of rotatable bonds is 36. The van der Waals surface area contributed by atoms with Crippen LogP contribution < -0.4 is 0 Å². The van der Waals surface area contributed by atoms with E-state index in [1.54, 1.807) is 6.92 Å². The summed E-state index contributed by atoms with van der Waals surface area (Å²) < 4.78 is 11.0. The average molecular weight is 639 g/mol. The van der Waals surface area contributed by atoms with Crippen LogP contribution in [0.3, 0.4) is 0 Å². The van der Waals surface area contributed by atoms with E-state index in [1.807, 2.05) is 0 Å². The van der Waals surface area contributed by atoms with Gasteiger partial charge in [0.05, 0.1) is 0 Å². The predicted molar refractivity (Wildman–Crippen MR) is 191 cm³/mol. The molecule has 0 fully saturated rings. The lowest BCUT2D eigenvalue weighted by atomic mass is 10.0. The van der Waals surface area contributed by atoms with Gasteiger partial charge in [-0.2, -0.15) is 0 Å². The molecule has 0 spiro atoms. The van der Waals surface area contributed by atoms with Crippen molar-refractivity contribution in [2.24, 2.45) is 0 Å². The van der Waals surface area contributed by atoms with Crippen molar-refractivity contribution in [3.63, 3.8) is 0 Å². The molecule has 0 aromatic rings. The molecular weight excluding hydrogens is 560 g/mol. The van der Waals surface area contributed by atoms with E-state index in [9.17, 15) is 14.7 Å². The first-order valence-corrected chi connectivity index (χ1v) is 20.1. The van der Waals surface area contributed by atoms with E-state index in [1.165, 1.54) is 154 Å². The number of unbranched alkanes of at least 4 members (excludes halogenated alkanes) is 28. The first-order chi connectivity index (χ1) is 22.0. The van der Waals surface area contributed by atoms with Gasteiger partial charge in [-0.1, -0.05) is 201 Å². The Kier molecular flexibility index (Phi) is 33.4. The van der Waals surface area contributed by atoms with Crippen LogP contribution in [-0.4, -0.2) is 29.4 Å². The highest BCUT2D eigenvalue weighted by Gasteiger charge is 2.36.